The highest BCUT2D eigenvalue weighted by molar-refractivity contribution is 7.99. The van der Waals surface area contributed by atoms with Gasteiger partial charge in [-0.25, -0.2) is 0 Å². The fourth-order valence-corrected chi connectivity index (χ4v) is 7.27. The van der Waals surface area contributed by atoms with Crippen LogP contribution in [-0.4, -0.2) is 36.9 Å². The molecule has 0 aliphatic heterocycles. The number of rotatable bonds is 6. The molecule has 0 unspecified atom stereocenters. The Morgan fingerprint density at radius 2 is 1.72 bits per heavy atom. The van der Waals surface area contributed by atoms with Crippen LogP contribution in [0.15, 0.2) is 29.7 Å². The van der Waals surface area contributed by atoms with E-state index in [1.807, 2.05) is 12.1 Å². The van der Waals surface area contributed by atoms with Gasteiger partial charge in [-0.05, 0) is 81.3 Å². The number of hydrogen-bond donors (Lipinski definition) is 1. The number of hydrogen-bond acceptors (Lipinski definition) is 5. The summed E-state index contributed by atoms with van der Waals surface area (Å²) < 4.78 is 2.22. The minimum Gasteiger partial charge on any atom is -0.350 e. The van der Waals surface area contributed by atoms with E-state index in [0.29, 0.717) is 11.8 Å². The number of amides is 1. The van der Waals surface area contributed by atoms with Crippen LogP contribution in [0.3, 0.4) is 0 Å². The molecule has 2 heterocycles. The number of aromatic nitrogens is 4. The fourth-order valence-electron chi connectivity index (χ4n) is 6.46. The third kappa shape index (κ3) is 3.37. The lowest BCUT2D eigenvalue weighted by Crippen LogP contribution is -2.60. The standard InChI is InChI=1S/C22H27N5OS/c28-19(24-22-10-14-7-15(11-22)9-16(8-14)12-22)13-29-21-26-25-20(27(21)18-1-2-18)17-3-5-23-6-4-17/h3-6,14-16,18H,1-2,7-13H2,(H,24,28). The average Bonchev–Trinajstić information content (AvgIpc) is 3.44. The van der Waals surface area contributed by atoms with Crippen molar-refractivity contribution in [3.8, 4) is 11.4 Å². The van der Waals surface area contributed by atoms with Crippen molar-refractivity contribution in [2.24, 2.45) is 17.8 Å². The lowest BCUT2D eigenvalue weighted by molar-refractivity contribution is -0.124. The van der Waals surface area contributed by atoms with Gasteiger partial charge < -0.3 is 5.32 Å². The van der Waals surface area contributed by atoms with Crippen LogP contribution in [-0.2, 0) is 4.79 Å². The zero-order chi connectivity index (χ0) is 19.4. The molecule has 0 saturated heterocycles. The van der Waals surface area contributed by atoms with E-state index < -0.39 is 0 Å². The van der Waals surface area contributed by atoms with Crippen LogP contribution in [0.5, 0.6) is 0 Å². The van der Waals surface area contributed by atoms with E-state index in [4.69, 9.17) is 0 Å². The molecule has 5 aliphatic rings. The van der Waals surface area contributed by atoms with Crippen molar-refractivity contribution in [3.05, 3.63) is 24.5 Å². The molecule has 4 bridgehead atoms. The van der Waals surface area contributed by atoms with E-state index in [9.17, 15) is 4.79 Å². The molecule has 152 valence electrons. The molecule has 5 aliphatic carbocycles. The van der Waals surface area contributed by atoms with Gasteiger partial charge in [-0.3, -0.25) is 14.3 Å². The molecule has 5 fully saturated rings. The van der Waals surface area contributed by atoms with Crippen molar-refractivity contribution >= 4 is 17.7 Å². The van der Waals surface area contributed by atoms with Crippen LogP contribution >= 0.6 is 11.8 Å². The molecule has 0 aromatic carbocycles. The summed E-state index contributed by atoms with van der Waals surface area (Å²) in [6.07, 6.45) is 13.6. The molecule has 29 heavy (non-hydrogen) atoms. The molecule has 5 saturated carbocycles. The van der Waals surface area contributed by atoms with E-state index in [-0.39, 0.29) is 11.4 Å². The molecule has 7 heteroatoms. The predicted molar refractivity (Wildman–Crippen MR) is 111 cm³/mol. The van der Waals surface area contributed by atoms with Crippen LogP contribution in [0, 0.1) is 17.8 Å². The first-order valence-corrected chi connectivity index (χ1v) is 12.0. The SMILES string of the molecule is O=C(CSc1nnc(-c2ccncc2)n1C1CC1)NC12CC3CC(CC(C3)C1)C2. The molecule has 0 atom stereocenters. The number of nitrogens with one attached hydrogen (secondary N) is 1. The monoisotopic (exact) mass is 409 g/mol. The Morgan fingerprint density at radius 3 is 2.34 bits per heavy atom. The number of carbonyl (C=O) groups is 1. The predicted octanol–water partition coefficient (Wildman–Crippen LogP) is 3.85. The molecule has 2 aromatic heterocycles. The second-order valence-electron chi connectivity index (χ2n) is 9.68. The van der Waals surface area contributed by atoms with Crippen LogP contribution in [0.25, 0.3) is 11.4 Å². The summed E-state index contributed by atoms with van der Waals surface area (Å²) in [4.78, 5) is 17.0. The Hall–Kier alpha value is -1.89. The van der Waals surface area contributed by atoms with Crippen molar-refractivity contribution in [1.29, 1.82) is 0 Å². The van der Waals surface area contributed by atoms with E-state index in [1.54, 1.807) is 12.4 Å². The van der Waals surface area contributed by atoms with Crippen molar-refractivity contribution < 1.29 is 4.79 Å². The van der Waals surface area contributed by atoms with Gasteiger partial charge in [0.2, 0.25) is 5.91 Å². The first-order valence-electron chi connectivity index (χ1n) is 11.0. The van der Waals surface area contributed by atoms with Crippen molar-refractivity contribution in [1.82, 2.24) is 25.1 Å². The zero-order valence-corrected chi connectivity index (χ0v) is 17.4. The summed E-state index contributed by atoms with van der Waals surface area (Å²) in [5.74, 6) is 4.00. The highest BCUT2D eigenvalue weighted by atomic mass is 32.2. The van der Waals surface area contributed by atoms with Gasteiger partial charge in [0.1, 0.15) is 0 Å². The van der Waals surface area contributed by atoms with Gasteiger partial charge in [0, 0.05) is 29.5 Å². The molecule has 0 spiro atoms. The van der Waals surface area contributed by atoms with E-state index >= 15 is 0 Å². The van der Waals surface area contributed by atoms with E-state index in [2.05, 4.69) is 25.1 Å². The molecule has 1 amide bonds. The fraction of sp³-hybridized carbons (Fsp3) is 0.636. The molecular formula is C22H27N5OS. The first-order chi connectivity index (χ1) is 14.2. The highest BCUT2D eigenvalue weighted by Crippen LogP contribution is 2.55. The number of pyridine rings is 1. The Balaban J connectivity index is 1.15. The third-order valence-electron chi connectivity index (χ3n) is 7.29. The Labute approximate surface area is 175 Å². The molecule has 1 N–H and O–H groups in total. The van der Waals surface area contributed by atoms with Gasteiger partial charge >= 0.3 is 0 Å². The number of thioether (sulfide) groups is 1. The van der Waals surface area contributed by atoms with Crippen LogP contribution in [0.1, 0.15) is 57.4 Å². The van der Waals surface area contributed by atoms with Crippen LogP contribution in [0.4, 0.5) is 0 Å². The summed E-state index contributed by atoms with van der Waals surface area (Å²) in [5, 5.41) is 13.2. The normalized spacial score (nSPS) is 32.5. The summed E-state index contributed by atoms with van der Waals surface area (Å²) >= 11 is 1.53. The minimum absolute atomic E-state index is 0.0821. The molecule has 6 nitrogen and oxygen atoms in total. The van der Waals surface area contributed by atoms with E-state index in [0.717, 1.165) is 47.1 Å². The first kappa shape index (κ1) is 17.9. The number of carbonyl (C=O) groups excluding carboxylic acids is 1. The maximum atomic E-state index is 12.9. The van der Waals surface area contributed by atoms with Gasteiger partial charge in [0.25, 0.3) is 0 Å². The maximum Gasteiger partial charge on any atom is 0.230 e. The second-order valence-corrected chi connectivity index (χ2v) is 10.6. The molecule has 0 radical (unpaired) electrons. The zero-order valence-electron chi connectivity index (χ0n) is 16.6. The molecular weight excluding hydrogens is 382 g/mol. The largest absolute Gasteiger partial charge is 0.350 e. The van der Waals surface area contributed by atoms with Gasteiger partial charge in [-0.15, -0.1) is 10.2 Å². The van der Waals surface area contributed by atoms with Crippen LogP contribution in [0.2, 0.25) is 0 Å². The summed E-state index contributed by atoms with van der Waals surface area (Å²) in [5.41, 5.74) is 1.11. The van der Waals surface area contributed by atoms with Crippen molar-refractivity contribution in [3.63, 3.8) is 0 Å². The third-order valence-corrected chi connectivity index (χ3v) is 8.23. The van der Waals surface area contributed by atoms with Gasteiger partial charge in [0.15, 0.2) is 11.0 Å². The second kappa shape index (κ2) is 6.83. The summed E-state index contributed by atoms with van der Waals surface area (Å²) in [6.45, 7) is 0. The van der Waals surface area contributed by atoms with Crippen molar-refractivity contribution in [2.45, 2.75) is 68.1 Å². The molecule has 7 rings (SSSR count). The average molecular weight is 410 g/mol. The maximum absolute atomic E-state index is 12.9. The Morgan fingerprint density at radius 1 is 1.07 bits per heavy atom. The van der Waals surface area contributed by atoms with Gasteiger partial charge in [-0.2, -0.15) is 0 Å². The molecule has 2 aromatic rings. The Kier molecular flexibility index (Phi) is 4.22. The summed E-state index contributed by atoms with van der Waals surface area (Å²) in [6, 6.07) is 4.40. The minimum atomic E-state index is 0.0821. The summed E-state index contributed by atoms with van der Waals surface area (Å²) in [7, 11) is 0. The lowest BCUT2D eigenvalue weighted by atomic mass is 9.53. The lowest BCUT2D eigenvalue weighted by Gasteiger charge is -2.56. The van der Waals surface area contributed by atoms with E-state index in [1.165, 1.54) is 50.3 Å². The van der Waals surface area contributed by atoms with Crippen molar-refractivity contribution in [2.75, 3.05) is 5.75 Å². The number of nitrogens with zero attached hydrogens (tertiary/aromatic N) is 4. The smallest absolute Gasteiger partial charge is 0.230 e. The van der Waals surface area contributed by atoms with Gasteiger partial charge in [0.05, 0.1) is 5.75 Å². The van der Waals surface area contributed by atoms with Gasteiger partial charge in [-0.1, -0.05) is 11.8 Å². The van der Waals surface area contributed by atoms with Crippen LogP contribution < -0.4 is 5.32 Å². The highest BCUT2D eigenvalue weighted by Gasteiger charge is 2.51. The topological polar surface area (TPSA) is 72.7 Å². The quantitative estimate of drug-likeness (QED) is 0.734. The Bertz CT molecular complexity index is 887.